The van der Waals surface area contributed by atoms with Crippen molar-refractivity contribution in [3.63, 3.8) is 0 Å². The lowest BCUT2D eigenvalue weighted by Gasteiger charge is -2.31. The lowest BCUT2D eigenvalue weighted by Crippen LogP contribution is -2.46. The summed E-state index contributed by atoms with van der Waals surface area (Å²) < 4.78 is 5.92. The minimum Gasteiger partial charge on any atom is -0.457 e. The predicted octanol–water partition coefficient (Wildman–Crippen LogP) is 2.34. The van der Waals surface area contributed by atoms with Gasteiger partial charge in [-0.3, -0.25) is 19.4 Å². The largest absolute Gasteiger partial charge is 0.457 e. The van der Waals surface area contributed by atoms with Crippen LogP contribution in [0, 0.1) is 0 Å². The van der Waals surface area contributed by atoms with Crippen LogP contribution in [0.1, 0.15) is 20.7 Å². The maximum atomic E-state index is 12.6. The van der Waals surface area contributed by atoms with E-state index in [1.807, 2.05) is 48.5 Å². The summed E-state index contributed by atoms with van der Waals surface area (Å²) in [6, 6.07) is 14.6. The molecular formula is C26H34N4O3. The fraction of sp³-hybridized carbons (Fsp3) is 0.462. The molecule has 4 rings (SSSR count). The normalized spacial score (nSPS) is 18.8. The van der Waals surface area contributed by atoms with Crippen molar-refractivity contribution in [1.82, 2.24) is 19.6 Å². The van der Waals surface area contributed by atoms with E-state index in [4.69, 9.17) is 4.74 Å². The van der Waals surface area contributed by atoms with E-state index < -0.39 is 0 Å². The van der Waals surface area contributed by atoms with Crippen LogP contribution in [0.25, 0.3) is 0 Å². The SMILES string of the molecule is CN1CCN(CC(=O)c2ccc(Oc3ccc(C(=O)CN4CCN(C)CC4)cc3)cc2)CC1. The third kappa shape index (κ3) is 6.71. The van der Waals surface area contributed by atoms with E-state index in [9.17, 15) is 9.59 Å². The zero-order chi connectivity index (χ0) is 23.2. The molecule has 0 amide bonds. The van der Waals surface area contributed by atoms with Gasteiger partial charge in [0.05, 0.1) is 13.1 Å². The van der Waals surface area contributed by atoms with E-state index in [2.05, 4.69) is 33.7 Å². The summed E-state index contributed by atoms with van der Waals surface area (Å²) >= 11 is 0. The lowest BCUT2D eigenvalue weighted by atomic mass is 10.1. The summed E-state index contributed by atoms with van der Waals surface area (Å²) in [5.74, 6) is 1.61. The lowest BCUT2D eigenvalue weighted by molar-refractivity contribution is 0.0869. The number of carbonyl (C=O) groups is 2. The van der Waals surface area contributed by atoms with Gasteiger partial charge < -0.3 is 14.5 Å². The average Bonchev–Trinajstić information content (AvgIpc) is 2.83. The van der Waals surface area contributed by atoms with E-state index in [0.29, 0.717) is 35.7 Å². The van der Waals surface area contributed by atoms with Gasteiger partial charge in [-0.25, -0.2) is 0 Å². The third-order valence-corrected chi connectivity index (χ3v) is 6.51. The molecule has 7 heteroatoms. The summed E-state index contributed by atoms with van der Waals surface area (Å²) in [4.78, 5) is 34.2. The summed E-state index contributed by atoms with van der Waals surface area (Å²) in [5, 5.41) is 0. The first-order chi connectivity index (χ1) is 16.0. The molecule has 0 unspecified atom stereocenters. The first kappa shape index (κ1) is 23.6. The molecule has 2 aromatic carbocycles. The fourth-order valence-corrected chi connectivity index (χ4v) is 4.15. The smallest absolute Gasteiger partial charge is 0.176 e. The Kier molecular flexibility index (Phi) is 7.88. The van der Waals surface area contributed by atoms with Crippen LogP contribution >= 0.6 is 0 Å². The second-order valence-electron chi connectivity index (χ2n) is 9.16. The van der Waals surface area contributed by atoms with Gasteiger partial charge in [0, 0.05) is 63.5 Å². The van der Waals surface area contributed by atoms with Crippen molar-refractivity contribution in [2.24, 2.45) is 0 Å². The molecule has 0 atom stereocenters. The topological polar surface area (TPSA) is 56.3 Å². The number of likely N-dealkylation sites (N-methyl/N-ethyl adjacent to an activating group) is 2. The van der Waals surface area contributed by atoms with Crippen LogP contribution in [0.3, 0.4) is 0 Å². The van der Waals surface area contributed by atoms with Gasteiger partial charge in [0.15, 0.2) is 11.6 Å². The number of Topliss-reactive ketones (excluding diaryl/α,β-unsaturated/α-hetero) is 2. The number of nitrogens with zero attached hydrogens (tertiary/aromatic N) is 4. The highest BCUT2D eigenvalue weighted by molar-refractivity contribution is 5.98. The van der Waals surface area contributed by atoms with Gasteiger partial charge in [-0.15, -0.1) is 0 Å². The maximum Gasteiger partial charge on any atom is 0.176 e. The molecule has 2 fully saturated rings. The Balaban J connectivity index is 1.27. The molecule has 2 aromatic rings. The molecule has 176 valence electrons. The monoisotopic (exact) mass is 450 g/mol. The van der Waals surface area contributed by atoms with E-state index >= 15 is 0 Å². The standard InChI is InChI=1S/C26H34N4O3/c1-27-11-15-29(16-12-27)19-25(31)21-3-7-23(8-4-21)33-24-9-5-22(6-10-24)26(32)20-30-17-13-28(2)14-18-30/h3-10H,11-20H2,1-2H3. The minimum absolute atomic E-state index is 0.134. The van der Waals surface area contributed by atoms with Gasteiger partial charge in [0.25, 0.3) is 0 Å². The third-order valence-electron chi connectivity index (χ3n) is 6.51. The molecular weight excluding hydrogens is 416 g/mol. The number of rotatable bonds is 8. The van der Waals surface area contributed by atoms with E-state index in [-0.39, 0.29) is 11.6 Å². The van der Waals surface area contributed by atoms with Crippen LogP contribution in [0.4, 0.5) is 0 Å². The molecule has 0 aromatic heterocycles. The summed E-state index contributed by atoms with van der Waals surface area (Å²) in [7, 11) is 4.22. The van der Waals surface area contributed by atoms with Gasteiger partial charge in [-0.1, -0.05) is 0 Å². The van der Waals surface area contributed by atoms with E-state index in [0.717, 1.165) is 52.4 Å². The Morgan fingerprint density at radius 1 is 0.606 bits per heavy atom. The Labute approximate surface area is 196 Å². The Hall–Kier alpha value is -2.58. The fourth-order valence-electron chi connectivity index (χ4n) is 4.15. The maximum absolute atomic E-state index is 12.6. The van der Waals surface area contributed by atoms with Gasteiger partial charge >= 0.3 is 0 Å². The highest BCUT2D eigenvalue weighted by Crippen LogP contribution is 2.23. The van der Waals surface area contributed by atoms with Crippen molar-refractivity contribution in [1.29, 1.82) is 0 Å². The van der Waals surface area contributed by atoms with Crippen molar-refractivity contribution >= 4 is 11.6 Å². The van der Waals surface area contributed by atoms with Crippen molar-refractivity contribution in [3.05, 3.63) is 59.7 Å². The molecule has 2 aliphatic rings. The second-order valence-corrected chi connectivity index (χ2v) is 9.16. The van der Waals surface area contributed by atoms with Crippen LogP contribution in [0.2, 0.25) is 0 Å². The van der Waals surface area contributed by atoms with E-state index in [1.54, 1.807) is 0 Å². The molecule has 2 heterocycles. The molecule has 7 nitrogen and oxygen atoms in total. The van der Waals surface area contributed by atoms with Crippen molar-refractivity contribution < 1.29 is 14.3 Å². The minimum atomic E-state index is 0.134. The van der Waals surface area contributed by atoms with Crippen molar-refractivity contribution in [2.45, 2.75) is 0 Å². The number of ketones is 2. The first-order valence-corrected chi connectivity index (χ1v) is 11.7. The zero-order valence-electron chi connectivity index (χ0n) is 19.7. The Morgan fingerprint density at radius 2 is 0.939 bits per heavy atom. The van der Waals surface area contributed by atoms with Gasteiger partial charge in [0.2, 0.25) is 0 Å². The van der Waals surface area contributed by atoms with Crippen LogP contribution < -0.4 is 4.74 Å². The number of benzene rings is 2. The van der Waals surface area contributed by atoms with Gasteiger partial charge in [-0.2, -0.15) is 0 Å². The van der Waals surface area contributed by atoms with Crippen LogP contribution in [-0.2, 0) is 0 Å². The number of hydrogen-bond acceptors (Lipinski definition) is 7. The molecule has 2 saturated heterocycles. The summed E-state index contributed by atoms with van der Waals surface area (Å²) in [5.41, 5.74) is 1.40. The number of hydrogen-bond donors (Lipinski definition) is 0. The second kappa shape index (κ2) is 11.0. The summed E-state index contributed by atoms with van der Waals surface area (Å²) in [6.07, 6.45) is 0. The first-order valence-electron chi connectivity index (χ1n) is 11.7. The molecule has 33 heavy (non-hydrogen) atoms. The molecule has 0 spiro atoms. The highest BCUT2D eigenvalue weighted by atomic mass is 16.5. The van der Waals surface area contributed by atoms with Crippen LogP contribution in [0.5, 0.6) is 11.5 Å². The molecule has 0 N–H and O–H groups in total. The Bertz CT molecular complexity index is 852. The molecule has 0 bridgehead atoms. The van der Waals surface area contributed by atoms with Gasteiger partial charge in [-0.05, 0) is 62.6 Å². The molecule has 0 aliphatic carbocycles. The molecule has 0 radical (unpaired) electrons. The quantitative estimate of drug-likeness (QED) is 0.572. The average molecular weight is 451 g/mol. The Morgan fingerprint density at radius 3 is 1.27 bits per heavy atom. The number of ether oxygens (including phenoxy) is 1. The van der Waals surface area contributed by atoms with Crippen LogP contribution in [0.15, 0.2) is 48.5 Å². The molecule has 2 aliphatic heterocycles. The summed E-state index contributed by atoms with van der Waals surface area (Å²) in [6.45, 7) is 8.62. The zero-order valence-corrected chi connectivity index (χ0v) is 19.7. The predicted molar refractivity (Wildman–Crippen MR) is 129 cm³/mol. The van der Waals surface area contributed by atoms with Crippen LogP contribution in [-0.4, -0.2) is 111 Å². The van der Waals surface area contributed by atoms with E-state index in [1.165, 1.54) is 0 Å². The molecule has 0 saturated carbocycles. The van der Waals surface area contributed by atoms with Gasteiger partial charge in [0.1, 0.15) is 11.5 Å². The number of carbonyl (C=O) groups excluding carboxylic acids is 2. The van der Waals surface area contributed by atoms with Crippen molar-refractivity contribution in [3.8, 4) is 11.5 Å². The highest BCUT2D eigenvalue weighted by Gasteiger charge is 2.18. The number of piperazine rings is 2. The van der Waals surface area contributed by atoms with Crippen molar-refractivity contribution in [2.75, 3.05) is 79.5 Å².